The predicted octanol–water partition coefficient (Wildman–Crippen LogP) is 3.60. The molecule has 0 bridgehead atoms. The average Bonchev–Trinajstić information content (AvgIpc) is 3.37. The summed E-state index contributed by atoms with van der Waals surface area (Å²) in [5, 5.41) is 9.19. The van der Waals surface area contributed by atoms with Crippen molar-refractivity contribution >= 4 is 29.0 Å². The van der Waals surface area contributed by atoms with Crippen molar-refractivity contribution in [2.75, 3.05) is 18.4 Å². The van der Waals surface area contributed by atoms with Crippen LogP contribution in [0.25, 0.3) is 10.6 Å². The van der Waals surface area contributed by atoms with Gasteiger partial charge in [-0.1, -0.05) is 35.5 Å². The average molecular weight is 396 g/mol. The summed E-state index contributed by atoms with van der Waals surface area (Å²) in [6.07, 6.45) is 1.23. The number of aryl methyl sites for hydroxylation is 1. The van der Waals surface area contributed by atoms with E-state index in [0.717, 1.165) is 10.6 Å². The van der Waals surface area contributed by atoms with Crippen molar-refractivity contribution in [2.24, 2.45) is 5.92 Å². The minimum absolute atomic E-state index is 0.0792. The summed E-state index contributed by atoms with van der Waals surface area (Å²) in [7, 11) is 0. The first-order chi connectivity index (χ1) is 13.6. The van der Waals surface area contributed by atoms with Crippen LogP contribution in [0, 0.1) is 12.8 Å². The Balaban J connectivity index is 1.34. The Morgan fingerprint density at radius 1 is 1.21 bits per heavy atom. The number of amides is 2. The fourth-order valence-corrected chi connectivity index (χ4v) is 4.05. The lowest BCUT2D eigenvalue weighted by atomic mass is 9.95. The van der Waals surface area contributed by atoms with Crippen LogP contribution in [-0.4, -0.2) is 39.9 Å². The first kappa shape index (κ1) is 18.4. The highest BCUT2D eigenvalue weighted by Crippen LogP contribution is 2.25. The van der Waals surface area contributed by atoms with Gasteiger partial charge < -0.3 is 14.7 Å². The quantitative estimate of drug-likeness (QED) is 0.728. The van der Waals surface area contributed by atoms with Gasteiger partial charge in [-0.15, -0.1) is 11.3 Å². The van der Waals surface area contributed by atoms with Crippen molar-refractivity contribution in [3.63, 3.8) is 0 Å². The monoisotopic (exact) mass is 396 g/mol. The second-order valence-electron chi connectivity index (χ2n) is 6.78. The maximum Gasteiger partial charge on any atom is 0.273 e. The third-order valence-corrected chi connectivity index (χ3v) is 5.67. The first-order valence-electron chi connectivity index (χ1n) is 9.14. The molecule has 1 fully saturated rings. The van der Waals surface area contributed by atoms with E-state index in [1.165, 1.54) is 11.3 Å². The molecule has 1 aliphatic rings. The fraction of sp³-hybridized carbons (Fsp3) is 0.300. The number of carbonyl (C=O) groups excluding carboxylic acids is 2. The minimum atomic E-state index is -0.142. The Morgan fingerprint density at radius 3 is 2.64 bits per heavy atom. The number of anilines is 1. The van der Waals surface area contributed by atoms with Crippen molar-refractivity contribution in [3.05, 3.63) is 53.2 Å². The largest absolute Gasteiger partial charge is 0.360 e. The zero-order valence-electron chi connectivity index (χ0n) is 15.4. The molecular weight excluding hydrogens is 376 g/mol. The SMILES string of the molecule is Cc1cc(NC(=O)C2CCN(C(=O)c3csc(-c4ccccc4)n3)CC2)no1. The zero-order valence-corrected chi connectivity index (χ0v) is 16.2. The number of aromatic nitrogens is 2. The third-order valence-electron chi connectivity index (χ3n) is 4.78. The molecule has 7 nitrogen and oxygen atoms in total. The van der Waals surface area contributed by atoms with Crippen LogP contribution in [0.2, 0.25) is 0 Å². The molecule has 28 heavy (non-hydrogen) atoms. The highest BCUT2D eigenvalue weighted by molar-refractivity contribution is 7.13. The lowest BCUT2D eigenvalue weighted by molar-refractivity contribution is -0.121. The summed E-state index contributed by atoms with van der Waals surface area (Å²) in [5.74, 6) is 0.770. The number of nitrogens with zero attached hydrogens (tertiary/aromatic N) is 3. The summed E-state index contributed by atoms with van der Waals surface area (Å²) in [6.45, 7) is 2.84. The highest BCUT2D eigenvalue weighted by Gasteiger charge is 2.29. The van der Waals surface area contributed by atoms with Crippen LogP contribution >= 0.6 is 11.3 Å². The standard InChI is InChI=1S/C20H20N4O3S/c1-13-11-17(23-27-13)22-18(25)14-7-9-24(10-8-14)20(26)16-12-28-19(21-16)15-5-3-2-4-6-15/h2-6,11-12,14H,7-10H2,1H3,(H,22,23,25). The van der Waals surface area contributed by atoms with Crippen LogP contribution in [0.3, 0.4) is 0 Å². The second-order valence-corrected chi connectivity index (χ2v) is 7.64. The summed E-state index contributed by atoms with van der Waals surface area (Å²) in [4.78, 5) is 31.4. The highest BCUT2D eigenvalue weighted by atomic mass is 32.1. The van der Waals surface area contributed by atoms with Gasteiger partial charge in [0.25, 0.3) is 5.91 Å². The molecule has 1 saturated heterocycles. The van der Waals surface area contributed by atoms with E-state index in [2.05, 4.69) is 15.5 Å². The third kappa shape index (κ3) is 3.96. The van der Waals surface area contributed by atoms with Crippen LogP contribution in [-0.2, 0) is 4.79 Å². The molecule has 3 aromatic rings. The second kappa shape index (κ2) is 7.93. The number of nitrogens with one attached hydrogen (secondary N) is 1. The Kier molecular flexibility index (Phi) is 5.21. The minimum Gasteiger partial charge on any atom is -0.360 e. The molecule has 0 atom stereocenters. The summed E-state index contributed by atoms with van der Waals surface area (Å²) < 4.78 is 4.96. The van der Waals surface area contributed by atoms with Crippen LogP contribution in [0.4, 0.5) is 5.82 Å². The van der Waals surface area contributed by atoms with Crippen molar-refractivity contribution in [2.45, 2.75) is 19.8 Å². The zero-order chi connectivity index (χ0) is 19.5. The van der Waals surface area contributed by atoms with E-state index in [1.807, 2.05) is 30.3 Å². The van der Waals surface area contributed by atoms with E-state index in [1.54, 1.807) is 23.3 Å². The van der Waals surface area contributed by atoms with Gasteiger partial charge in [-0.3, -0.25) is 9.59 Å². The van der Waals surface area contributed by atoms with E-state index in [9.17, 15) is 9.59 Å². The molecule has 2 aromatic heterocycles. The maximum absolute atomic E-state index is 12.8. The van der Waals surface area contributed by atoms with Gasteiger partial charge >= 0.3 is 0 Å². The van der Waals surface area contributed by atoms with Crippen molar-refractivity contribution in [1.29, 1.82) is 0 Å². The number of likely N-dealkylation sites (tertiary alicyclic amines) is 1. The number of benzene rings is 1. The molecule has 1 aromatic carbocycles. The summed E-state index contributed by atoms with van der Waals surface area (Å²) in [5.41, 5.74) is 1.47. The summed E-state index contributed by atoms with van der Waals surface area (Å²) >= 11 is 1.47. The number of hydrogen-bond donors (Lipinski definition) is 1. The molecule has 0 saturated carbocycles. The van der Waals surface area contributed by atoms with Crippen LogP contribution in [0.1, 0.15) is 29.1 Å². The van der Waals surface area contributed by atoms with Crippen molar-refractivity contribution < 1.29 is 14.1 Å². The van der Waals surface area contributed by atoms with Crippen LogP contribution < -0.4 is 5.32 Å². The Labute approximate surface area is 166 Å². The Bertz CT molecular complexity index is 974. The molecule has 0 aliphatic carbocycles. The number of rotatable bonds is 4. The van der Waals surface area contributed by atoms with Gasteiger partial charge in [0.2, 0.25) is 5.91 Å². The van der Waals surface area contributed by atoms with Crippen molar-refractivity contribution in [3.8, 4) is 10.6 Å². The topological polar surface area (TPSA) is 88.3 Å². The van der Waals surface area contributed by atoms with Crippen LogP contribution in [0.5, 0.6) is 0 Å². The van der Waals surface area contributed by atoms with E-state index in [-0.39, 0.29) is 17.7 Å². The molecule has 0 spiro atoms. The molecule has 144 valence electrons. The lowest BCUT2D eigenvalue weighted by Gasteiger charge is -2.30. The van der Waals surface area contributed by atoms with Gasteiger partial charge in [0, 0.05) is 36.0 Å². The number of carbonyl (C=O) groups is 2. The normalized spacial score (nSPS) is 14.8. The van der Waals surface area contributed by atoms with Gasteiger partial charge in [0.05, 0.1) is 0 Å². The van der Waals surface area contributed by atoms with E-state index in [0.29, 0.717) is 43.2 Å². The van der Waals surface area contributed by atoms with E-state index >= 15 is 0 Å². The van der Waals surface area contributed by atoms with Crippen molar-refractivity contribution in [1.82, 2.24) is 15.0 Å². The number of hydrogen-bond acceptors (Lipinski definition) is 6. The van der Waals surface area contributed by atoms with Gasteiger partial charge in [0.1, 0.15) is 16.5 Å². The number of piperidine rings is 1. The maximum atomic E-state index is 12.8. The van der Waals surface area contributed by atoms with Gasteiger partial charge in [-0.25, -0.2) is 4.98 Å². The van der Waals surface area contributed by atoms with Gasteiger partial charge in [0.15, 0.2) is 5.82 Å². The molecule has 4 rings (SSSR count). The first-order valence-corrected chi connectivity index (χ1v) is 10.0. The van der Waals surface area contributed by atoms with Crippen LogP contribution in [0.15, 0.2) is 46.3 Å². The Morgan fingerprint density at radius 2 is 1.96 bits per heavy atom. The van der Waals surface area contributed by atoms with E-state index < -0.39 is 0 Å². The molecule has 1 aliphatic heterocycles. The predicted molar refractivity (Wildman–Crippen MR) is 106 cm³/mol. The van der Waals surface area contributed by atoms with Gasteiger partial charge in [-0.2, -0.15) is 0 Å². The molecule has 2 amide bonds. The molecular formula is C20H20N4O3S. The molecule has 1 N–H and O–H groups in total. The Hall–Kier alpha value is -3.00. The molecule has 0 radical (unpaired) electrons. The number of thiazole rings is 1. The molecule has 0 unspecified atom stereocenters. The smallest absolute Gasteiger partial charge is 0.273 e. The molecule has 3 heterocycles. The van der Waals surface area contributed by atoms with Gasteiger partial charge in [-0.05, 0) is 19.8 Å². The van der Waals surface area contributed by atoms with E-state index in [4.69, 9.17) is 4.52 Å². The summed E-state index contributed by atoms with van der Waals surface area (Å²) in [6, 6.07) is 11.5. The fourth-order valence-electron chi connectivity index (χ4n) is 3.25. The molecule has 8 heteroatoms. The lowest BCUT2D eigenvalue weighted by Crippen LogP contribution is -2.41.